The summed E-state index contributed by atoms with van der Waals surface area (Å²) in [6.07, 6.45) is 0. The normalized spacial score (nSPS) is 10.8. The molecule has 4 nitrogen and oxygen atoms in total. The molecule has 0 aliphatic heterocycles. The largest absolute Gasteiger partial charge is 0.465 e. The molecule has 114 valence electrons. The molecular formula is C15H18O4S2. The number of carbonyl (C=O) groups is 2. The number of hydrogen-bond donors (Lipinski definition) is 0. The van der Waals surface area contributed by atoms with E-state index in [9.17, 15) is 9.59 Å². The van der Waals surface area contributed by atoms with E-state index in [4.69, 9.17) is 21.7 Å². The molecular weight excluding hydrogens is 308 g/mol. The molecule has 6 heteroatoms. The monoisotopic (exact) mass is 326 g/mol. The van der Waals surface area contributed by atoms with Crippen LogP contribution in [0.1, 0.15) is 26.3 Å². The summed E-state index contributed by atoms with van der Waals surface area (Å²) in [5.74, 6) is -1.29. The van der Waals surface area contributed by atoms with Crippen molar-refractivity contribution in [1.82, 2.24) is 0 Å². The molecule has 1 rings (SSSR count). The molecule has 0 aliphatic rings. The molecule has 1 aromatic rings. The number of esters is 2. The molecule has 0 unspecified atom stereocenters. The van der Waals surface area contributed by atoms with E-state index in [1.54, 1.807) is 13.8 Å². The highest BCUT2D eigenvalue weighted by molar-refractivity contribution is 8.25. The van der Waals surface area contributed by atoms with Gasteiger partial charge in [-0.2, -0.15) is 0 Å². The summed E-state index contributed by atoms with van der Waals surface area (Å²) in [4.78, 5) is 24.3. The lowest BCUT2D eigenvalue weighted by Crippen LogP contribution is -2.44. The predicted molar refractivity (Wildman–Crippen MR) is 87.4 cm³/mol. The topological polar surface area (TPSA) is 52.6 Å². The average Bonchev–Trinajstić information content (AvgIpc) is 2.48. The second-order valence-corrected chi connectivity index (χ2v) is 6.33. The molecule has 0 bridgehead atoms. The van der Waals surface area contributed by atoms with Crippen molar-refractivity contribution in [3.8, 4) is 0 Å². The van der Waals surface area contributed by atoms with E-state index in [1.807, 2.05) is 30.3 Å². The second kappa shape index (κ2) is 8.14. The first-order chi connectivity index (χ1) is 9.95. The van der Waals surface area contributed by atoms with Gasteiger partial charge in [-0.05, 0) is 26.3 Å². The number of hydrogen-bond acceptors (Lipinski definition) is 6. The summed E-state index contributed by atoms with van der Waals surface area (Å²) in [6, 6.07) is 9.20. The fraction of sp³-hybridized carbons (Fsp3) is 0.400. The molecule has 0 saturated carbocycles. The summed E-state index contributed by atoms with van der Waals surface area (Å²) >= 11 is 6.30. The summed E-state index contributed by atoms with van der Waals surface area (Å²) in [5, 5.41) is 0. The third-order valence-corrected chi connectivity index (χ3v) is 4.28. The van der Waals surface area contributed by atoms with E-state index >= 15 is 0 Å². The highest BCUT2D eigenvalue weighted by Crippen LogP contribution is 2.32. The maximum Gasteiger partial charge on any atom is 0.333 e. The van der Waals surface area contributed by atoms with Gasteiger partial charge < -0.3 is 9.47 Å². The molecule has 0 radical (unpaired) electrons. The second-order valence-electron chi connectivity index (χ2n) is 4.23. The summed E-state index contributed by atoms with van der Waals surface area (Å²) in [6.45, 7) is 5.22. The minimum atomic E-state index is -1.50. The van der Waals surface area contributed by atoms with E-state index in [2.05, 4.69) is 0 Å². The van der Waals surface area contributed by atoms with Crippen LogP contribution in [0.2, 0.25) is 0 Å². The molecule has 0 aromatic heterocycles. The van der Waals surface area contributed by atoms with Crippen LogP contribution in [0.25, 0.3) is 0 Å². The first-order valence-corrected chi connectivity index (χ1v) is 7.81. The molecule has 0 atom stereocenters. The van der Waals surface area contributed by atoms with Crippen LogP contribution in [0.4, 0.5) is 0 Å². The highest BCUT2D eigenvalue weighted by Gasteiger charge is 2.46. The standard InChI is InChI=1S/C15H18O4S2/c1-4-18-13(16)15(3,14(17)19-5-2)21-12(20)11-9-7-6-8-10-11/h6-10H,4-5H2,1-3H3. The maximum absolute atomic E-state index is 12.1. The molecule has 0 aliphatic carbocycles. The molecule has 21 heavy (non-hydrogen) atoms. The molecule has 0 N–H and O–H groups in total. The molecule has 0 amide bonds. The molecule has 0 saturated heterocycles. The van der Waals surface area contributed by atoms with E-state index < -0.39 is 16.7 Å². The van der Waals surface area contributed by atoms with Crippen LogP contribution in [0.3, 0.4) is 0 Å². The van der Waals surface area contributed by atoms with E-state index in [1.165, 1.54) is 6.92 Å². The van der Waals surface area contributed by atoms with Crippen LogP contribution in [0, 0.1) is 0 Å². The Hall–Kier alpha value is -1.40. The van der Waals surface area contributed by atoms with E-state index in [0.29, 0.717) is 4.20 Å². The lowest BCUT2D eigenvalue weighted by molar-refractivity contribution is -0.157. The number of rotatable bonds is 6. The van der Waals surface area contributed by atoms with Gasteiger partial charge in [0, 0.05) is 0 Å². The van der Waals surface area contributed by atoms with Gasteiger partial charge in [0.15, 0.2) is 0 Å². The first-order valence-electron chi connectivity index (χ1n) is 6.58. The number of carbonyl (C=O) groups excluding carboxylic acids is 2. The zero-order valence-corrected chi connectivity index (χ0v) is 13.9. The van der Waals surface area contributed by atoms with Crippen LogP contribution < -0.4 is 0 Å². The fourth-order valence-electron chi connectivity index (χ4n) is 1.52. The maximum atomic E-state index is 12.1. The van der Waals surface area contributed by atoms with E-state index in [0.717, 1.165) is 17.3 Å². The molecule has 0 heterocycles. The predicted octanol–water partition coefficient (Wildman–Crippen LogP) is 2.98. The Labute approximate surface area is 134 Å². The van der Waals surface area contributed by atoms with Gasteiger partial charge >= 0.3 is 11.9 Å². The minimum absolute atomic E-state index is 0.187. The molecule has 0 fully saturated rings. The fourth-order valence-corrected chi connectivity index (χ4v) is 3.07. The van der Waals surface area contributed by atoms with Gasteiger partial charge in [-0.15, -0.1) is 0 Å². The average molecular weight is 326 g/mol. The SMILES string of the molecule is CCOC(=O)C(C)(SC(=S)c1ccccc1)C(=O)OCC. The lowest BCUT2D eigenvalue weighted by Gasteiger charge is -2.24. The van der Waals surface area contributed by atoms with Crippen molar-refractivity contribution in [1.29, 1.82) is 0 Å². The Morgan fingerprint density at radius 2 is 1.57 bits per heavy atom. The Bertz CT molecular complexity index is 496. The van der Waals surface area contributed by atoms with Crippen molar-refractivity contribution in [2.75, 3.05) is 13.2 Å². The van der Waals surface area contributed by atoms with Gasteiger partial charge in [0.2, 0.25) is 4.75 Å². The van der Waals surface area contributed by atoms with Crippen LogP contribution in [0.5, 0.6) is 0 Å². The summed E-state index contributed by atoms with van der Waals surface area (Å²) in [5.41, 5.74) is 0.775. The van der Waals surface area contributed by atoms with Gasteiger partial charge in [-0.25, -0.2) is 9.59 Å². The smallest absolute Gasteiger partial charge is 0.333 e. The zero-order chi connectivity index (χ0) is 15.9. The number of benzene rings is 1. The van der Waals surface area contributed by atoms with Gasteiger partial charge in [-0.3, -0.25) is 0 Å². The Balaban J connectivity index is 2.99. The van der Waals surface area contributed by atoms with Crippen LogP contribution >= 0.6 is 24.0 Å². The highest BCUT2D eigenvalue weighted by atomic mass is 32.2. The number of thiocarbonyl (C=S) groups is 1. The quantitative estimate of drug-likeness (QED) is 0.455. The van der Waals surface area contributed by atoms with Gasteiger partial charge in [0.1, 0.15) is 0 Å². The Morgan fingerprint density at radius 1 is 1.10 bits per heavy atom. The third-order valence-electron chi connectivity index (χ3n) is 2.64. The number of thioether (sulfide) groups is 1. The summed E-state index contributed by atoms with van der Waals surface area (Å²) in [7, 11) is 0. The lowest BCUT2D eigenvalue weighted by atomic mass is 10.2. The van der Waals surface area contributed by atoms with Gasteiger partial charge in [-0.1, -0.05) is 54.3 Å². The van der Waals surface area contributed by atoms with Crippen molar-refractivity contribution < 1.29 is 19.1 Å². The van der Waals surface area contributed by atoms with E-state index in [-0.39, 0.29) is 13.2 Å². The minimum Gasteiger partial charge on any atom is -0.465 e. The summed E-state index contributed by atoms with van der Waals surface area (Å²) < 4.78 is 8.92. The van der Waals surface area contributed by atoms with Crippen molar-refractivity contribution >= 4 is 40.1 Å². The third kappa shape index (κ3) is 4.54. The van der Waals surface area contributed by atoms with Crippen LogP contribution in [-0.4, -0.2) is 34.1 Å². The Morgan fingerprint density at radius 3 is 2.00 bits per heavy atom. The van der Waals surface area contributed by atoms with Crippen LogP contribution in [-0.2, 0) is 19.1 Å². The Kier molecular flexibility index (Phi) is 6.84. The van der Waals surface area contributed by atoms with Gasteiger partial charge in [0.05, 0.1) is 17.4 Å². The molecule has 0 spiro atoms. The van der Waals surface area contributed by atoms with Crippen molar-refractivity contribution in [2.24, 2.45) is 0 Å². The first kappa shape index (κ1) is 17.7. The van der Waals surface area contributed by atoms with Crippen molar-refractivity contribution in [2.45, 2.75) is 25.5 Å². The van der Waals surface area contributed by atoms with Crippen molar-refractivity contribution in [3.05, 3.63) is 35.9 Å². The van der Waals surface area contributed by atoms with Crippen LogP contribution in [0.15, 0.2) is 30.3 Å². The van der Waals surface area contributed by atoms with Gasteiger partial charge in [0.25, 0.3) is 0 Å². The zero-order valence-electron chi connectivity index (χ0n) is 12.3. The number of ether oxygens (including phenoxy) is 2. The van der Waals surface area contributed by atoms with Crippen molar-refractivity contribution in [3.63, 3.8) is 0 Å². The molecule has 1 aromatic carbocycles.